The van der Waals surface area contributed by atoms with E-state index in [2.05, 4.69) is 38.8 Å². The number of benzene rings is 3. The molecule has 0 saturated carbocycles. The number of carbonyl (C=O) groups is 1. The average Bonchev–Trinajstić information content (AvgIpc) is 2.91. The van der Waals surface area contributed by atoms with E-state index in [1.54, 1.807) is 6.07 Å². The molecule has 1 unspecified atom stereocenters. The maximum absolute atomic E-state index is 12.9. The molecule has 1 heterocycles. The van der Waals surface area contributed by atoms with Crippen LogP contribution < -0.4 is 4.72 Å². The van der Waals surface area contributed by atoms with Crippen molar-refractivity contribution in [2.75, 3.05) is 50.2 Å². The van der Waals surface area contributed by atoms with E-state index in [4.69, 9.17) is 0 Å². The summed E-state index contributed by atoms with van der Waals surface area (Å²) in [4.78, 5) is 19.6. The molecule has 8 heteroatoms. The molecule has 1 N–H and O–H groups in total. The Labute approximate surface area is 227 Å². The zero-order chi connectivity index (χ0) is 27.1. The lowest BCUT2D eigenvalue weighted by atomic mass is 9.95. The van der Waals surface area contributed by atoms with Crippen LogP contribution in [-0.4, -0.2) is 74.5 Å². The van der Waals surface area contributed by atoms with Gasteiger partial charge in [0.05, 0.1) is 12.3 Å². The van der Waals surface area contributed by atoms with Gasteiger partial charge in [0.1, 0.15) is 0 Å². The Hall–Kier alpha value is -3.20. The number of nitrogens with one attached hydrogen (secondary N) is 1. The second-order valence-electron chi connectivity index (χ2n) is 9.80. The summed E-state index contributed by atoms with van der Waals surface area (Å²) < 4.78 is 26.4. The summed E-state index contributed by atoms with van der Waals surface area (Å²) in [6.45, 7) is 9.87. The number of sulfonamides is 1. The minimum atomic E-state index is -3.39. The third-order valence-electron chi connectivity index (χ3n) is 7.05. The molecule has 1 fully saturated rings. The standard InChI is InChI=1S/C30H38N4O3S/c1-4-33(5-2)30(35)26-16-14-25(15-17-26)29(27-12-9-13-28(22-27)31-38(3,36)37)34-20-18-32(19-21-34)23-24-10-7-6-8-11-24/h6-17,22,29,31H,4-5,18-21,23H2,1-3H3. The molecule has 0 radical (unpaired) electrons. The summed E-state index contributed by atoms with van der Waals surface area (Å²) >= 11 is 0. The average molecular weight is 535 g/mol. The quantitative estimate of drug-likeness (QED) is 0.416. The maximum atomic E-state index is 12.9. The van der Waals surface area contributed by atoms with Crippen molar-refractivity contribution in [3.05, 3.63) is 101 Å². The maximum Gasteiger partial charge on any atom is 0.253 e. The van der Waals surface area contributed by atoms with Gasteiger partial charge in [0.2, 0.25) is 10.0 Å². The molecule has 0 aliphatic carbocycles. The first-order valence-corrected chi connectivity index (χ1v) is 15.1. The van der Waals surface area contributed by atoms with Gasteiger partial charge in [-0.25, -0.2) is 8.42 Å². The molecule has 0 bridgehead atoms. The minimum absolute atomic E-state index is 0.0342. The summed E-state index contributed by atoms with van der Waals surface area (Å²) in [7, 11) is -3.39. The van der Waals surface area contributed by atoms with Gasteiger partial charge in [-0.05, 0) is 54.8 Å². The summed E-state index contributed by atoms with van der Waals surface area (Å²) in [6, 6.07) is 26.0. The van der Waals surface area contributed by atoms with Crippen LogP contribution in [0.15, 0.2) is 78.9 Å². The van der Waals surface area contributed by atoms with E-state index in [0.717, 1.165) is 50.1 Å². The molecule has 0 aromatic heterocycles. The Morgan fingerprint density at radius 2 is 1.53 bits per heavy atom. The molecule has 7 nitrogen and oxygen atoms in total. The normalized spacial score (nSPS) is 15.7. The number of amides is 1. The van der Waals surface area contributed by atoms with Gasteiger partial charge in [-0.15, -0.1) is 0 Å². The van der Waals surface area contributed by atoms with Crippen molar-refractivity contribution in [3.63, 3.8) is 0 Å². The first-order chi connectivity index (χ1) is 18.3. The smallest absolute Gasteiger partial charge is 0.253 e. The fourth-order valence-electron chi connectivity index (χ4n) is 5.12. The monoisotopic (exact) mass is 534 g/mol. The van der Waals surface area contributed by atoms with Crippen molar-refractivity contribution in [1.29, 1.82) is 0 Å². The van der Waals surface area contributed by atoms with Gasteiger partial charge >= 0.3 is 0 Å². The zero-order valence-corrected chi connectivity index (χ0v) is 23.3. The van der Waals surface area contributed by atoms with Gasteiger partial charge in [0, 0.05) is 57.1 Å². The fourth-order valence-corrected chi connectivity index (χ4v) is 5.68. The molecule has 1 saturated heterocycles. The summed E-state index contributed by atoms with van der Waals surface area (Å²) in [5, 5.41) is 0. The van der Waals surface area contributed by atoms with Gasteiger partial charge in [-0.3, -0.25) is 19.3 Å². The van der Waals surface area contributed by atoms with Crippen LogP contribution in [0.2, 0.25) is 0 Å². The highest BCUT2D eigenvalue weighted by atomic mass is 32.2. The largest absolute Gasteiger partial charge is 0.339 e. The Bertz CT molecular complexity index is 1300. The SMILES string of the molecule is CCN(CC)C(=O)c1ccc(C(c2cccc(NS(C)(=O)=O)c2)N2CCN(Cc3ccccc3)CC2)cc1. The summed E-state index contributed by atoms with van der Waals surface area (Å²) in [5.41, 5.74) is 4.63. The highest BCUT2D eigenvalue weighted by Crippen LogP contribution is 2.32. The molecule has 4 rings (SSSR count). The Morgan fingerprint density at radius 3 is 2.13 bits per heavy atom. The Balaban J connectivity index is 1.59. The minimum Gasteiger partial charge on any atom is -0.339 e. The predicted octanol–water partition coefficient (Wildman–Crippen LogP) is 4.45. The number of piperazine rings is 1. The van der Waals surface area contributed by atoms with Crippen LogP contribution in [0.5, 0.6) is 0 Å². The lowest BCUT2D eigenvalue weighted by Crippen LogP contribution is -2.47. The van der Waals surface area contributed by atoms with E-state index in [-0.39, 0.29) is 11.9 Å². The number of nitrogens with zero attached hydrogens (tertiary/aromatic N) is 3. The zero-order valence-electron chi connectivity index (χ0n) is 22.5. The third-order valence-corrected chi connectivity index (χ3v) is 7.66. The van der Waals surface area contributed by atoms with Gasteiger partial charge < -0.3 is 4.90 Å². The van der Waals surface area contributed by atoms with Crippen molar-refractivity contribution < 1.29 is 13.2 Å². The van der Waals surface area contributed by atoms with E-state index in [1.807, 2.05) is 67.3 Å². The van der Waals surface area contributed by atoms with E-state index in [1.165, 1.54) is 5.56 Å². The van der Waals surface area contributed by atoms with Crippen LogP contribution >= 0.6 is 0 Å². The molecule has 0 spiro atoms. The molecule has 202 valence electrons. The van der Waals surface area contributed by atoms with Crippen LogP contribution in [-0.2, 0) is 16.6 Å². The van der Waals surface area contributed by atoms with E-state index >= 15 is 0 Å². The second kappa shape index (κ2) is 12.6. The number of hydrogen-bond donors (Lipinski definition) is 1. The summed E-state index contributed by atoms with van der Waals surface area (Å²) in [5.74, 6) is 0.0342. The van der Waals surface area contributed by atoms with Crippen molar-refractivity contribution >= 4 is 21.6 Å². The van der Waals surface area contributed by atoms with Crippen molar-refractivity contribution in [1.82, 2.24) is 14.7 Å². The first-order valence-electron chi connectivity index (χ1n) is 13.2. The van der Waals surface area contributed by atoms with Crippen molar-refractivity contribution in [2.45, 2.75) is 26.4 Å². The first kappa shape index (κ1) is 27.8. The number of hydrogen-bond acceptors (Lipinski definition) is 5. The highest BCUT2D eigenvalue weighted by Gasteiger charge is 2.27. The van der Waals surface area contributed by atoms with Gasteiger partial charge in [-0.2, -0.15) is 0 Å². The van der Waals surface area contributed by atoms with Crippen LogP contribution in [0.25, 0.3) is 0 Å². The fraction of sp³-hybridized carbons (Fsp3) is 0.367. The Morgan fingerprint density at radius 1 is 0.868 bits per heavy atom. The molecule has 1 atom stereocenters. The van der Waals surface area contributed by atoms with E-state index < -0.39 is 10.0 Å². The molecule has 3 aromatic carbocycles. The predicted molar refractivity (Wildman–Crippen MR) is 154 cm³/mol. The van der Waals surface area contributed by atoms with Crippen LogP contribution in [0.1, 0.15) is 46.9 Å². The van der Waals surface area contributed by atoms with Gasteiger partial charge in [0.25, 0.3) is 5.91 Å². The second-order valence-corrected chi connectivity index (χ2v) is 11.5. The molecular formula is C30H38N4O3S. The van der Waals surface area contributed by atoms with Gasteiger partial charge in [0.15, 0.2) is 0 Å². The molecule has 1 aliphatic rings. The lowest BCUT2D eigenvalue weighted by molar-refractivity contribution is 0.0773. The number of anilines is 1. The van der Waals surface area contributed by atoms with Gasteiger partial charge in [-0.1, -0.05) is 54.6 Å². The van der Waals surface area contributed by atoms with Crippen LogP contribution in [0.3, 0.4) is 0 Å². The van der Waals surface area contributed by atoms with Crippen LogP contribution in [0.4, 0.5) is 5.69 Å². The molecule has 3 aromatic rings. The molecule has 38 heavy (non-hydrogen) atoms. The van der Waals surface area contributed by atoms with Crippen LogP contribution in [0, 0.1) is 0 Å². The lowest BCUT2D eigenvalue weighted by Gasteiger charge is -2.40. The number of rotatable bonds is 10. The van der Waals surface area contributed by atoms with Crippen molar-refractivity contribution in [3.8, 4) is 0 Å². The van der Waals surface area contributed by atoms with Crippen molar-refractivity contribution in [2.24, 2.45) is 0 Å². The topological polar surface area (TPSA) is 73.0 Å². The molecular weight excluding hydrogens is 496 g/mol. The number of carbonyl (C=O) groups excluding carboxylic acids is 1. The summed E-state index contributed by atoms with van der Waals surface area (Å²) in [6.07, 6.45) is 1.16. The molecule has 1 aliphatic heterocycles. The van der Waals surface area contributed by atoms with E-state index in [0.29, 0.717) is 24.3 Å². The molecule has 1 amide bonds. The third kappa shape index (κ3) is 7.22. The Kier molecular flexibility index (Phi) is 9.20. The van der Waals surface area contributed by atoms with E-state index in [9.17, 15) is 13.2 Å². The highest BCUT2D eigenvalue weighted by molar-refractivity contribution is 7.92.